The van der Waals surface area contributed by atoms with Crippen molar-refractivity contribution in [3.8, 4) is 5.75 Å². The maximum atomic E-state index is 13.0. The Labute approximate surface area is 144 Å². The molecule has 25 heavy (non-hydrogen) atoms. The lowest BCUT2D eigenvalue weighted by atomic mass is 9.98. The zero-order chi connectivity index (χ0) is 17.6. The van der Waals surface area contributed by atoms with E-state index >= 15 is 0 Å². The van der Waals surface area contributed by atoms with Crippen LogP contribution in [0.3, 0.4) is 0 Å². The third-order valence-electron chi connectivity index (χ3n) is 4.49. The summed E-state index contributed by atoms with van der Waals surface area (Å²) < 4.78 is 11.3. The molecule has 5 heteroatoms. The Kier molecular flexibility index (Phi) is 3.57. The van der Waals surface area contributed by atoms with Crippen LogP contribution in [-0.2, 0) is 0 Å². The lowest BCUT2D eigenvalue weighted by molar-refractivity contribution is 0.0771. The number of nitrogens with zero attached hydrogens (tertiary/aromatic N) is 1. The number of hydrogen-bond donors (Lipinski definition) is 0. The molecular formula is C20H17NO4. The summed E-state index contributed by atoms with van der Waals surface area (Å²) in [5, 5.41) is 0.482. The molecule has 1 atom stereocenters. The molecule has 2 aromatic carbocycles. The van der Waals surface area contributed by atoms with E-state index in [0.29, 0.717) is 28.9 Å². The molecule has 0 radical (unpaired) electrons. The lowest BCUT2D eigenvalue weighted by Gasteiger charge is -2.20. The van der Waals surface area contributed by atoms with Crippen molar-refractivity contribution in [3.05, 3.63) is 75.6 Å². The van der Waals surface area contributed by atoms with Crippen LogP contribution in [0.25, 0.3) is 11.0 Å². The largest absolute Gasteiger partial charge is 0.494 e. The Hall–Kier alpha value is -3.08. The van der Waals surface area contributed by atoms with Crippen molar-refractivity contribution in [1.82, 2.24) is 4.90 Å². The Bertz CT molecular complexity index is 1040. The molecule has 1 amide bonds. The summed E-state index contributed by atoms with van der Waals surface area (Å²) in [5.41, 5.74) is 1.47. The monoisotopic (exact) mass is 335 g/mol. The highest BCUT2D eigenvalue weighted by molar-refractivity contribution is 5.98. The van der Waals surface area contributed by atoms with E-state index in [-0.39, 0.29) is 17.1 Å². The van der Waals surface area contributed by atoms with Crippen LogP contribution in [0.15, 0.2) is 57.7 Å². The first-order valence-corrected chi connectivity index (χ1v) is 8.17. The summed E-state index contributed by atoms with van der Waals surface area (Å²) in [5.74, 6) is 0.544. The van der Waals surface area contributed by atoms with E-state index in [1.54, 1.807) is 36.2 Å². The Morgan fingerprint density at radius 2 is 1.92 bits per heavy atom. The third-order valence-corrected chi connectivity index (χ3v) is 4.49. The van der Waals surface area contributed by atoms with Crippen molar-refractivity contribution in [2.75, 3.05) is 13.7 Å². The van der Waals surface area contributed by atoms with Crippen LogP contribution < -0.4 is 10.2 Å². The fourth-order valence-electron chi connectivity index (χ4n) is 3.37. The van der Waals surface area contributed by atoms with Gasteiger partial charge in [-0.1, -0.05) is 24.3 Å². The van der Waals surface area contributed by atoms with Crippen molar-refractivity contribution in [3.63, 3.8) is 0 Å². The second-order valence-corrected chi connectivity index (χ2v) is 5.99. The van der Waals surface area contributed by atoms with Gasteiger partial charge < -0.3 is 14.1 Å². The SMILES string of the molecule is CCOc1cccc([C@H]2c3c(oc4ccccc4c3=O)C(=O)N2C)c1. The quantitative estimate of drug-likeness (QED) is 0.736. The highest BCUT2D eigenvalue weighted by Crippen LogP contribution is 2.37. The van der Waals surface area contributed by atoms with Crippen molar-refractivity contribution in [2.24, 2.45) is 0 Å². The van der Waals surface area contributed by atoms with Crippen molar-refractivity contribution < 1.29 is 13.9 Å². The number of benzene rings is 2. The molecule has 0 spiro atoms. The van der Waals surface area contributed by atoms with Gasteiger partial charge in [0.25, 0.3) is 5.91 Å². The smallest absolute Gasteiger partial charge is 0.290 e. The second kappa shape index (κ2) is 5.77. The van der Waals surface area contributed by atoms with Crippen LogP contribution in [0.4, 0.5) is 0 Å². The lowest BCUT2D eigenvalue weighted by Crippen LogP contribution is -2.25. The molecule has 0 saturated carbocycles. The van der Waals surface area contributed by atoms with Gasteiger partial charge in [0.15, 0.2) is 5.43 Å². The molecule has 1 aliphatic heterocycles. The Morgan fingerprint density at radius 1 is 1.12 bits per heavy atom. The molecule has 5 nitrogen and oxygen atoms in total. The van der Waals surface area contributed by atoms with Crippen LogP contribution in [0.1, 0.15) is 34.6 Å². The van der Waals surface area contributed by atoms with Gasteiger partial charge >= 0.3 is 0 Å². The number of ether oxygens (including phenoxy) is 1. The molecule has 0 fully saturated rings. The standard InChI is InChI=1S/C20H17NO4/c1-3-24-13-8-6-7-12(11-13)17-16-18(22)14-9-4-5-10-15(14)25-19(16)20(23)21(17)2/h4-11,17H,3H2,1-2H3/t17-/m0/s1. The molecule has 4 rings (SSSR count). The van der Waals surface area contributed by atoms with Gasteiger partial charge in [-0.3, -0.25) is 9.59 Å². The average molecular weight is 335 g/mol. The molecule has 1 aliphatic rings. The van der Waals surface area contributed by atoms with E-state index in [1.807, 2.05) is 31.2 Å². The highest BCUT2D eigenvalue weighted by Gasteiger charge is 2.40. The minimum Gasteiger partial charge on any atom is -0.494 e. The zero-order valence-corrected chi connectivity index (χ0v) is 14.0. The van der Waals surface area contributed by atoms with Gasteiger partial charge in [0.05, 0.1) is 23.6 Å². The summed E-state index contributed by atoms with van der Waals surface area (Å²) in [7, 11) is 1.68. The van der Waals surface area contributed by atoms with Crippen LogP contribution in [-0.4, -0.2) is 24.5 Å². The number of rotatable bonds is 3. The van der Waals surface area contributed by atoms with Crippen LogP contribution in [0, 0.1) is 0 Å². The molecule has 0 N–H and O–H groups in total. The van der Waals surface area contributed by atoms with Gasteiger partial charge in [-0.25, -0.2) is 0 Å². The van der Waals surface area contributed by atoms with Gasteiger partial charge in [0.2, 0.25) is 5.76 Å². The van der Waals surface area contributed by atoms with Gasteiger partial charge in [-0.05, 0) is 36.8 Å². The molecular weight excluding hydrogens is 318 g/mol. The summed E-state index contributed by atoms with van der Waals surface area (Å²) in [6, 6.07) is 14.0. The average Bonchev–Trinajstić information content (AvgIpc) is 2.88. The van der Waals surface area contributed by atoms with E-state index in [1.165, 1.54) is 0 Å². The molecule has 0 bridgehead atoms. The second-order valence-electron chi connectivity index (χ2n) is 5.99. The minimum absolute atomic E-state index is 0.123. The van der Waals surface area contributed by atoms with Crippen molar-refractivity contribution in [2.45, 2.75) is 13.0 Å². The van der Waals surface area contributed by atoms with E-state index < -0.39 is 6.04 Å². The first-order chi connectivity index (χ1) is 12.1. The number of carbonyl (C=O) groups is 1. The van der Waals surface area contributed by atoms with Crippen molar-refractivity contribution in [1.29, 1.82) is 0 Å². The molecule has 126 valence electrons. The fraction of sp³-hybridized carbons (Fsp3) is 0.200. The molecule has 0 unspecified atom stereocenters. The maximum absolute atomic E-state index is 13.0. The topological polar surface area (TPSA) is 59.8 Å². The Morgan fingerprint density at radius 3 is 2.72 bits per heavy atom. The normalized spacial score (nSPS) is 16.3. The van der Waals surface area contributed by atoms with E-state index in [2.05, 4.69) is 0 Å². The van der Waals surface area contributed by atoms with Crippen LogP contribution >= 0.6 is 0 Å². The first-order valence-electron chi connectivity index (χ1n) is 8.17. The Balaban J connectivity index is 1.95. The van der Waals surface area contributed by atoms with Crippen molar-refractivity contribution >= 4 is 16.9 Å². The predicted molar refractivity (Wildman–Crippen MR) is 94.0 cm³/mol. The fourth-order valence-corrected chi connectivity index (χ4v) is 3.37. The minimum atomic E-state index is -0.483. The number of para-hydroxylation sites is 1. The number of hydrogen-bond acceptors (Lipinski definition) is 4. The van der Waals surface area contributed by atoms with Gasteiger partial charge in [-0.15, -0.1) is 0 Å². The number of carbonyl (C=O) groups excluding carboxylic acids is 1. The first kappa shape index (κ1) is 15.4. The predicted octanol–water partition coefficient (Wildman–Crippen LogP) is 3.37. The number of amides is 1. The molecule has 0 aliphatic carbocycles. The molecule has 3 aromatic rings. The molecule has 1 aromatic heterocycles. The third kappa shape index (κ3) is 2.31. The van der Waals surface area contributed by atoms with Gasteiger partial charge in [0.1, 0.15) is 11.3 Å². The zero-order valence-electron chi connectivity index (χ0n) is 14.0. The van der Waals surface area contributed by atoms with Crippen LogP contribution in [0.2, 0.25) is 0 Å². The van der Waals surface area contributed by atoms with Crippen LogP contribution in [0.5, 0.6) is 5.75 Å². The number of fused-ring (bicyclic) bond motifs is 2. The highest BCUT2D eigenvalue weighted by atomic mass is 16.5. The summed E-state index contributed by atoms with van der Waals surface area (Å²) in [6.07, 6.45) is 0. The van der Waals surface area contributed by atoms with Gasteiger partial charge in [0, 0.05) is 7.05 Å². The van der Waals surface area contributed by atoms with Gasteiger partial charge in [-0.2, -0.15) is 0 Å². The molecule has 0 saturated heterocycles. The summed E-state index contributed by atoms with van der Waals surface area (Å²) in [4.78, 5) is 27.2. The summed E-state index contributed by atoms with van der Waals surface area (Å²) >= 11 is 0. The summed E-state index contributed by atoms with van der Waals surface area (Å²) in [6.45, 7) is 2.46. The van der Waals surface area contributed by atoms with E-state index in [9.17, 15) is 9.59 Å². The van der Waals surface area contributed by atoms with E-state index in [0.717, 1.165) is 5.56 Å². The molecule has 2 heterocycles. The maximum Gasteiger partial charge on any atom is 0.290 e. The van der Waals surface area contributed by atoms with E-state index in [4.69, 9.17) is 9.15 Å².